The summed E-state index contributed by atoms with van der Waals surface area (Å²) in [6.45, 7) is 0. The lowest BCUT2D eigenvalue weighted by atomic mass is 9.86. The van der Waals surface area contributed by atoms with E-state index in [0.29, 0.717) is 6.42 Å². The van der Waals surface area contributed by atoms with E-state index in [-0.39, 0.29) is 29.0 Å². The van der Waals surface area contributed by atoms with Crippen LogP contribution in [0.3, 0.4) is 0 Å². The molecule has 0 aliphatic heterocycles. The highest BCUT2D eigenvalue weighted by molar-refractivity contribution is 6.28. The lowest BCUT2D eigenvalue weighted by molar-refractivity contribution is -0.146. The third-order valence-electron chi connectivity index (χ3n) is 3.26. The first-order valence-electron chi connectivity index (χ1n) is 6.12. The molecule has 1 aliphatic carbocycles. The van der Waals surface area contributed by atoms with Crippen molar-refractivity contribution in [1.29, 1.82) is 0 Å². The number of rotatable bonds is 3. The normalized spacial score (nSPS) is 22.9. The van der Waals surface area contributed by atoms with Gasteiger partial charge in [-0.15, -0.1) is 0 Å². The Morgan fingerprint density at radius 2 is 2.37 bits per heavy atom. The molecule has 0 saturated heterocycles. The first-order valence-corrected chi connectivity index (χ1v) is 6.50. The number of halogens is 2. The molecule has 0 bridgehead atoms. The molecule has 104 valence electrons. The van der Waals surface area contributed by atoms with Crippen molar-refractivity contribution in [3.63, 3.8) is 0 Å². The van der Waals surface area contributed by atoms with Crippen molar-refractivity contribution in [2.24, 2.45) is 5.92 Å². The van der Waals surface area contributed by atoms with E-state index in [1.165, 1.54) is 7.11 Å². The van der Waals surface area contributed by atoms with Crippen LogP contribution < -0.4 is 5.32 Å². The zero-order valence-corrected chi connectivity index (χ0v) is 11.3. The molecule has 2 atom stereocenters. The van der Waals surface area contributed by atoms with Gasteiger partial charge in [0, 0.05) is 6.04 Å². The van der Waals surface area contributed by atoms with Crippen LogP contribution in [0.25, 0.3) is 0 Å². The van der Waals surface area contributed by atoms with Crippen LogP contribution in [-0.4, -0.2) is 29.1 Å². The van der Waals surface area contributed by atoms with E-state index in [1.54, 1.807) is 0 Å². The molecule has 0 amide bonds. The number of methoxy groups -OCH3 is 1. The molecule has 5 nitrogen and oxygen atoms in total. The lowest BCUT2D eigenvalue weighted by Gasteiger charge is -2.28. The Morgan fingerprint density at radius 1 is 1.58 bits per heavy atom. The van der Waals surface area contributed by atoms with Gasteiger partial charge in [0.1, 0.15) is 0 Å². The Bertz CT molecular complexity index is 472. The second kappa shape index (κ2) is 6.14. The van der Waals surface area contributed by atoms with Gasteiger partial charge in [0.2, 0.25) is 5.28 Å². The fourth-order valence-corrected chi connectivity index (χ4v) is 2.48. The number of hydrogen-bond acceptors (Lipinski definition) is 5. The summed E-state index contributed by atoms with van der Waals surface area (Å²) in [6.07, 6.45) is 4.18. The first-order chi connectivity index (χ1) is 9.10. The van der Waals surface area contributed by atoms with Gasteiger partial charge in [-0.3, -0.25) is 4.79 Å². The molecular weight excluding hydrogens is 273 g/mol. The molecule has 1 N–H and O–H groups in total. The molecule has 0 radical (unpaired) electrons. The zero-order valence-electron chi connectivity index (χ0n) is 10.5. The quantitative estimate of drug-likeness (QED) is 0.683. The molecule has 2 rings (SSSR count). The number of nitrogens with zero attached hydrogens (tertiary/aromatic N) is 2. The number of hydrogen-bond donors (Lipinski definition) is 1. The minimum absolute atomic E-state index is 0.00997. The average Bonchev–Trinajstić information content (AvgIpc) is 2.42. The minimum atomic E-state index is -0.551. The van der Waals surface area contributed by atoms with Gasteiger partial charge in [-0.05, 0) is 30.9 Å². The molecular formula is C12H15ClFN3O2. The topological polar surface area (TPSA) is 64.1 Å². The van der Waals surface area contributed by atoms with E-state index < -0.39 is 5.82 Å². The minimum Gasteiger partial charge on any atom is -0.469 e. The molecule has 0 spiro atoms. The van der Waals surface area contributed by atoms with Crippen molar-refractivity contribution < 1.29 is 13.9 Å². The third-order valence-corrected chi connectivity index (χ3v) is 3.45. The summed E-state index contributed by atoms with van der Waals surface area (Å²) >= 11 is 5.63. The average molecular weight is 288 g/mol. The van der Waals surface area contributed by atoms with E-state index >= 15 is 0 Å². The number of ether oxygens (including phenoxy) is 1. The molecule has 1 aromatic heterocycles. The van der Waals surface area contributed by atoms with Gasteiger partial charge in [-0.1, -0.05) is 6.42 Å². The van der Waals surface area contributed by atoms with Crippen LogP contribution in [-0.2, 0) is 9.53 Å². The maximum Gasteiger partial charge on any atom is 0.308 e. The molecule has 1 aliphatic rings. The van der Waals surface area contributed by atoms with Crippen molar-refractivity contribution in [2.75, 3.05) is 12.4 Å². The fourth-order valence-electron chi connectivity index (χ4n) is 2.34. The summed E-state index contributed by atoms with van der Waals surface area (Å²) in [5.74, 6) is -0.829. The highest BCUT2D eigenvalue weighted by atomic mass is 35.5. The van der Waals surface area contributed by atoms with Crippen LogP contribution in [0.1, 0.15) is 25.7 Å². The number of carbonyl (C=O) groups excluding carboxylic acids is 1. The van der Waals surface area contributed by atoms with Crippen LogP contribution in [0, 0.1) is 11.7 Å². The summed E-state index contributed by atoms with van der Waals surface area (Å²) in [7, 11) is 1.38. The van der Waals surface area contributed by atoms with Gasteiger partial charge in [-0.25, -0.2) is 9.37 Å². The molecule has 0 unspecified atom stereocenters. The van der Waals surface area contributed by atoms with Crippen molar-refractivity contribution in [2.45, 2.75) is 31.7 Å². The predicted molar refractivity (Wildman–Crippen MR) is 68.4 cm³/mol. The number of esters is 1. The van der Waals surface area contributed by atoms with Crippen LogP contribution in [0.2, 0.25) is 5.28 Å². The maximum absolute atomic E-state index is 13.5. The number of anilines is 1. The SMILES string of the molecule is COC(=O)[C@@H]1CCC[C@H](Nc2nc(Cl)ncc2F)C1. The summed E-state index contributed by atoms with van der Waals surface area (Å²) in [6, 6.07) is -0.0154. The molecule has 7 heteroatoms. The van der Waals surface area contributed by atoms with Gasteiger partial charge in [0.15, 0.2) is 11.6 Å². The second-order valence-electron chi connectivity index (χ2n) is 4.56. The van der Waals surface area contributed by atoms with E-state index in [9.17, 15) is 9.18 Å². The van der Waals surface area contributed by atoms with Gasteiger partial charge in [-0.2, -0.15) is 4.98 Å². The van der Waals surface area contributed by atoms with Crippen LogP contribution in [0.15, 0.2) is 6.20 Å². The smallest absolute Gasteiger partial charge is 0.308 e. The summed E-state index contributed by atoms with van der Waals surface area (Å²) in [4.78, 5) is 18.9. The van der Waals surface area contributed by atoms with Crippen molar-refractivity contribution in [3.8, 4) is 0 Å². The second-order valence-corrected chi connectivity index (χ2v) is 4.90. The molecule has 0 aromatic carbocycles. The van der Waals surface area contributed by atoms with Gasteiger partial charge >= 0.3 is 5.97 Å². The standard InChI is InChI=1S/C12H15ClFN3O2/c1-19-11(18)7-3-2-4-8(5-7)16-10-9(14)6-15-12(13)17-10/h6-8H,2-5H2,1H3,(H,15,16,17)/t7-,8+/m1/s1. The van der Waals surface area contributed by atoms with Crippen LogP contribution >= 0.6 is 11.6 Å². The van der Waals surface area contributed by atoms with Crippen molar-refractivity contribution in [1.82, 2.24) is 9.97 Å². The highest BCUT2D eigenvalue weighted by Crippen LogP contribution is 2.27. The number of aromatic nitrogens is 2. The van der Waals surface area contributed by atoms with Crippen LogP contribution in [0.4, 0.5) is 10.2 Å². The van der Waals surface area contributed by atoms with E-state index in [1.807, 2.05) is 0 Å². The van der Waals surface area contributed by atoms with E-state index in [0.717, 1.165) is 25.5 Å². The summed E-state index contributed by atoms with van der Waals surface area (Å²) in [5.41, 5.74) is 0. The van der Waals surface area contributed by atoms with Crippen LogP contribution in [0.5, 0.6) is 0 Å². The molecule has 1 fully saturated rings. The van der Waals surface area contributed by atoms with E-state index in [4.69, 9.17) is 16.3 Å². The molecule has 1 aromatic rings. The highest BCUT2D eigenvalue weighted by Gasteiger charge is 2.28. The molecule has 19 heavy (non-hydrogen) atoms. The third kappa shape index (κ3) is 3.53. The Labute approximate surface area is 115 Å². The van der Waals surface area contributed by atoms with Gasteiger partial charge in [0.05, 0.1) is 19.2 Å². The lowest BCUT2D eigenvalue weighted by Crippen LogP contribution is -2.32. The zero-order chi connectivity index (χ0) is 13.8. The summed E-state index contributed by atoms with van der Waals surface area (Å²) in [5, 5.41) is 2.97. The number of carbonyl (C=O) groups is 1. The summed E-state index contributed by atoms with van der Waals surface area (Å²) < 4.78 is 18.3. The Balaban J connectivity index is 2.02. The monoisotopic (exact) mass is 287 g/mol. The van der Waals surface area contributed by atoms with Gasteiger partial charge < -0.3 is 10.1 Å². The Hall–Kier alpha value is -1.43. The largest absolute Gasteiger partial charge is 0.469 e. The fraction of sp³-hybridized carbons (Fsp3) is 0.583. The van der Waals surface area contributed by atoms with Crippen molar-refractivity contribution in [3.05, 3.63) is 17.3 Å². The van der Waals surface area contributed by atoms with Crippen molar-refractivity contribution >= 4 is 23.4 Å². The Kier molecular flexibility index (Phi) is 4.52. The molecule has 1 heterocycles. The Morgan fingerprint density at radius 3 is 3.11 bits per heavy atom. The first kappa shape index (κ1) is 14.0. The molecule has 1 saturated carbocycles. The predicted octanol–water partition coefficient (Wildman–Crippen LogP) is 2.41. The van der Waals surface area contributed by atoms with Gasteiger partial charge in [0.25, 0.3) is 0 Å². The van der Waals surface area contributed by atoms with E-state index in [2.05, 4.69) is 15.3 Å². The number of nitrogens with one attached hydrogen (secondary N) is 1. The maximum atomic E-state index is 13.5.